The van der Waals surface area contributed by atoms with Crippen molar-refractivity contribution in [3.63, 3.8) is 0 Å². The molecule has 1 amide bonds. The van der Waals surface area contributed by atoms with E-state index in [0.717, 1.165) is 18.8 Å². The molecule has 2 aromatic carbocycles. The second-order valence-electron chi connectivity index (χ2n) is 9.22. The van der Waals surface area contributed by atoms with Crippen LogP contribution in [0.1, 0.15) is 33.0 Å². The number of aromatic nitrogens is 2. The Labute approximate surface area is 200 Å². The van der Waals surface area contributed by atoms with Gasteiger partial charge in [-0.1, -0.05) is 42.0 Å². The van der Waals surface area contributed by atoms with Gasteiger partial charge >= 0.3 is 0 Å². The number of hydrogen-bond acceptors (Lipinski definition) is 6. The van der Waals surface area contributed by atoms with Gasteiger partial charge in [-0.2, -0.15) is 0 Å². The Bertz CT molecular complexity index is 1140. The summed E-state index contributed by atoms with van der Waals surface area (Å²) in [7, 11) is 2.06. The minimum Gasteiger partial charge on any atom is -0.487 e. The van der Waals surface area contributed by atoms with Gasteiger partial charge in [0.15, 0.2) is 0 Å². The quantitative estimate of drug-likeness (QED) is 0.566. The maximum absolute atomic E-state index is 12.8. The monoisotopic (exact) mass is 458 g/mol. The van der Waals surface area contributed by atoms with E-state index >= 15 is 0 Å². The Morgan fingerprint density at radius 3 is 2.24 bits per heavy atom. The summed E-state index contributed by atoms with van der Waals surface area (Å²) in [5.41, 5.74) is 4.33. The fourth-order valence-electron chi connectivity index (χ4n) is 4.44. The molecule has 3 heterocycles. The molecular weight excluding hydrogens is 428 g/mol. The van der Waals surface area contributed by atoms with Crippen LogP contribution in [-0.4, -0.2) is 72.1 Å². The van der Waals surface area contributed by atoms with Crippen LogP contribution in [-0.2, 0) is 16.8 Å². The third-order valence-corrected chi connectivity index (χ3v) is 6.79. The molecule has 34 heavy (non-hydrogen) atoms. The van der Waals surface area contributed by atoms with Crippen LogP contribution in [0.15, 0.2) is 60.8 Å². The highest BCUT2D eigenvalue weighted by atomic mass is 16.5. The van der Waals surface area contributed by atoms with Crippen molar-refractivity contribution >= 4 is 5.91 Å². The number of nitrogens with zero attached hydrogens (tertiary/aromatic N) is 4. The third kappa shape index (κ3) is 4.54. The summed E-state index contributed by atoms with van der Waals surface area (Å²) in [6.45, 7) is 6.86. The number of hydrogen-bond donors (Lipinski definition) is 0. The normalized spacial score (nSPS) is 17.8. The highest BCUT2D eigenvalue weighted by Crippen LogP contribution is 2.39. The maximum atomic E-state index is 12.8. The van der Waals surface area contributed by atoms with Crippen molar-refractivity contribution in [1.29, 1.82) is 0 Å². The van der Waals surface area contributed by atoms with E-state index in [4.69, 9.17) is 9.47 Å². The average molecular weight is 459 g/mol. The van der Waals surface area contributed by atoms with Crippen LogP contribution >= 0.6 is 0 Å². The van der Waals surface area contributed by atoms with Gasteiger partial charge in [0.2, 0.25) is 5.82 Å². The van der Waals surface area contributed by atoms with E-state index in [0.29, 0.717) is 32.0 Å². The molecule has 0 bridgehead atoms. The van der Waals surface area contributed by atoms with E-state index in [-0.39, 0.29) is 23.8 Å². The number of aryl methyl sites for hydroxylation is 1. The molecule has 0 saturated carbocycles. The molecule has 5 rings (SSSR count). The molecule has 7 nitrogen and oxygen atoms in total. The smallest absolute Gasteiger partial charge is 0.291 e. The summed E-state index contributed by atoms with van der Waals surface area (Å²) in [5.74, 6) is 0.864. The molecule has 0 aliphatic carbocycles. The lowest BCUT2D eigenvalue weighted by atomic mass is 9.73. The first-order chi connectivity index (χ1) is 16.5. The molecule has 0 unspecified atom stereocenters. The summed E-state index contributed by atoms with van der Waals surface area (Å²) in [6, 6.07) is 18.7. The predicted molar refractivity (Wildman–Crippen MR) is 129 cm³/mol. The molecule has 0 atom stereocenters. The van der Waals surface area contributed by atoms with Crippen molar-refractivity contribution in [1.82, 2.24) is 19.8 Å². The lowest BCUT2D eigenvalue weighted by Crippen LogP contribution is -2.47. The van der Waals surface area contributed by atoms with Gasteiger partial charge in [-0.05, 0) is 43.3 Å². The first kappa shape index (κ1) is 22.5. The molecule has 0 spiro atoms. The summed E-state index contributed by atoms with van der Waals surface area (Å²) >= 11 is 0. The van der Waals surface area contributed by atoms with Gasteiger partial charge in [-0.25, -0.2) is 9.97 Å². The molecule has 176 valence electrons. The van der Waals surface area contributed by atoms with Gasteiger partial charge in [0, 0.05) is 32.4 Å². The van der Waals surface area contributed by atoms with Gasteiger partial charge in [0.1, 0.15) is 12.4 Å². The Balaban J connectivity index is 1.23. The van der Waals surface area contributed by atoms with Crippen LogP contribution in [0.5, 0.6) is 5.75 Å². The molecule has 2 aliphatic rings. The summed E-state index contributed by atoms with van der Waals surface area (Å²) in [6.07, 6.45) is 1.63. The highest BCUT2D eigenvalue weighted by molar-refractivity contribution is 5.90. The first-order valence-electron chi connectivity index (χ1n) is 11.7. The van der Waals surface area contributed by atoms with Crippen LogP contribution < -0.4 is 4.74 Å². The van der Waals surface area contributed by atoms with E-state index in [9.17, 15) is 4.79 Å². The lowest BCUT2D eigenvalue weighted by Gasteiger charge is -2.42. The van der Waals surface area contributed by atoms with Crippen LogP contribution in [0.2, 0.25) is 0 Å². The molecule has 0 radical (unpaired) electrons. The van der Waals surface area contributed by atoms with Gasteiger partial charge in [-0.3, -0.25) is 4.79 Å². The zero-order valence-corrected chi connectivity index (χ0v) is 19.7. The molecular formula is C27H30N4O3. The Kier molecular flexibility index (Phi) is 6.30. The third-order valence-electron chi connectivity index (χ3n) is 6.79. The van der Waals surface area contributed by atoms with Gasteiger partial charge < -0.3 is 19.3 Å². The largest absolute Gasteiger partial charge is 0.487 e. The predicted octanol–water partition coefficient (Wildman–Crippen LogP) is 3.07. The Morgan fingerprint density at radius 2 is 1.62 bits per heavy atom. The van der Waals surface area contributed by atoms with E-state index in [1.165, 1.54) is 16.7 Å². The highest BCUT2D eigenvalue weighted by Gasteiger charge is 2.41. The number of piperazine rings is 1. The fraction of sp³-hybridized carbons (Fsp3) is 0.370. The second kappa shape index (κ2) is 9.52. The summed E-state index contributed by atoms with van der Waals surface area (Å²) < 4.78 is 11.6. The number of benzene rings is 2. The molecule has 3 aromatic rings. The molecule has 2 fully saturated rings. The SMILES string of the molecule is Cc1ccc(C2(c3ccc(OCc4ccnc(C(=O)N5CCN(C)CC5)n4)cc3)COC2)cc1. The Hall–Kier alpha value is -3.29. The van der Waals surface area contributed by atoms with Crippen molar-refractivity contribution in [2.24, 2.45) is 0 Å². The summed E-state index contributed by atoms with van der Waals surface area (Å²) in [5, 5.41) is 0. The topological polar surface area (TPSA) is 67.8 Å². The van der Waals surface area contributed by atoms with Crippen molar-refractivity contribution in [2.75, 3.05) is 46.4 Å². The molecule has 0 N–H and O–H groups in total. The number of carbonyl (C=O) groups is 1. The standard InChI is InChI=1S/C27H30N4O3/c1-20-3-5-21(6-4-20)27(18-33-19-27)22-7-9-24(10-8-22)34-17-23-11-12-28-25(29-23)26(32)31-15-13-30(2)14-16-31/h3-12H,13-19H2,1-2H3. The Morgan fingerprint density at radius 1 is 0.971 bits per heavy atom. The number of carbonyl (C=O) groups excluding carboxylic acids is 1. The number of amides is 1. The molecule has 1 aromatic heterocycles. The fourth-order valence-corrected chi connectivity index (χ4v) is 4.44. The minimum absolute atomic E-state index is 0.0998. The van der Waals surface area contributed by atoms with Crippen molar-refractivity contribution < 1.29 is 14.3 Å². The van der Waals surface area contributed by atoms with Crippen LogP contribution in [0.4, 0.5) is 0 Å². The van der Waals surface area contributed by atoms with Crippen molar-refractivity contribution in [2.45, 2.75) is 18.9 Å². The average Bonchev–Trinajstić information content (AvgIpc) is 2.84. The summed E-state index contributed by atoms with van der Waals surface area (Å²) in [4.78, 5) is 25.4. The molecule has 2 saturated heterocycles. The van der Waals surface area contributed by atoms with Crippen LogP contribution in [0.3, 0.4) is 0 Å². The second-order valence-corrected chi connectivity index (χ2v) is 9.22. The van der Waals surface area contributed by atoms with E-state index in [2.05, 4.69) is 65.2 Å². The van der Waals surface area contributed by atoms with Crippen molar-refractivity contribution in [3.05, 3.63) is 89.0 Å². The minimum atomic E-state index is -0.122. The van der Waals surface area contributed by atoms with Crippen LogP contribution in [0.25, 0.3) is 0 Å². The van der Waals surface area contributed by atoms with Crippen LogP contribution in [0, 0.1) is 6.92 Å². The van der Waals surface area contributed by atoms with E-state index in [1.54, 1.807) is 12.3 Å². The lowest BCUT2D eigenvalue weighted by molar-refractivity contribution is -0.0380. The molecule has 7 heteroatoms. The van der Waals surface area contributed by atoms with Gasteiger partial charge in [0.05, 0.1) is 24.3 Å². The van der Waals surface area contributed by atoms with Gasteiger partial charge in [0.25, 0.3) is 5.91 Å². The zero-order chi connectivity index (χ0) is 23.5. The zero-order valence-electron chi connectivity index (χ0n) is 19.7. The van der Waals surface area contributed by atoms with Crippen molar-refractivity contribution in [3.8, 4) is 5.75 Å². The van der Waals surface area contributed by atoms with E-state index in [1.807, 2.05) is 17.0 Å². The number of ether oxygens (including phenoxy) is 2. The molecule has 2 aliphatic heterocycles. The number of rotatable bonds is 6. The van der Waals surface area contributed by atoms with Gasteiger partial charge in [-0.15, -0.1) is 0 Å². The first-order valence-corrected chi connectivity index (χ1v) is 11.7. The maximum Gasteiger partial charge on any atom is 0.291 e. The van der Waals surface area contributed by atoms with E-state index < -0.39 is 0 Å². The number of likely N-dealkylation sites (N-methyl/N-ethyl adjacent to an activating group) is 1.